The van der Waals surface area contributed by atoms with Crippen LogP contribution in [0.15, 0.2) is 77.6 Å². The average Bonchev–Trinajstić information content (AvgIpc) is 2.77. The molecule has 2 aromatic rings. The predicted molar refractivity (Wildman–Crippen MR) is 117 cm³/mol. The first kappa shape index (κ1) is 22.3. The molecule has 1 atom stereocenters. The van der Waals surface area contributed by atoms with Crippen molar-refractivity contribution in [3.05, 3.63) is 88.7 Å². The van der Waals surface area contributed by atoms with Crippen LogP contribution < -0.4 is 9.47 Å². The molecule has 0 spiro atoms. The highest BCUT2D eigenvalue weighted by atomic mass is 19.2. The fourth-order valence-corrected chi connectivity index (χ4v) is 3.61. The molecule has 0 saturated heterocycles. The maximum Gasteiger partial charge on any atom is 0.796 e. The van der Waals surface area contributed by atoms with Crippen molar-refractivity contribution in [2.24, 2.45) is 0 Å². The summed E-state index contributed by atoms with van der Waals surface area (Å²) in [6.07, 6.45) is 5.70. The van der Waals surface area contributed by atoms with Gasteiger partial charge >= 0.3 is 7.47 Å². The molecule has 7 heteroatoms. The molecule has 160 valence electrons. The lowest BCUT2D eigenvalue weighted by molar-refractivity contribution is -0.114. The molecule has 0 radical (unpaired) electrons. The Balaban J connectivity index is 2.01. The lowest BCUT2D eigenvalue weighted by Crippen LogP contribution is -2.19. The van der Waals surface area contributed by atoms with Crippen LogP contribution in [0.25, 0.3) is 6.08 Å². The topological polar surface area (TPSA) is 44.8 Å². The first-order chi connectivity index (χ1) is 14.9. The monoisotopic (exact) mass is 424 g/mol. The van der Waals surface area contributed by atoms with Gasteiger partial charge in [-0.2, -0.15) is 0 Å². The Morgan fingerprint density at radius 1 is 1.03 bits per heavy atom. The van der Waals surface area contributed by atoms with Gasteiger partial charge in [-0.1, -0.05) is 36.4 Å². The lowest BCUT2D eigenvalue weighted by Gasteiger charge is -2.26. The van der Waals surface area contributed by atoms with Crippen LogP contribution in [-0.2, 0) is 9.45 Å². The molecule has 0 bridgehead atoms. The molecule has 2 aromatic carbocycles. The zero-order valence-corrected chi connectivity index (χ0v) is 17.6. The number of ketones is 1. The van der Waals surface area contributed by atoms with Crippen molar-refractivity contribution in [2.75, 3.05) is 14.2 Å². The molecular formula is C24H23BF2O4. The second-order valence-corrected chi connectivity index (χ2v) is 7.07. The summed E-state index contributed by atoms with van der Waals surface area (Å²) in [7, 11) is 0.127. The third-order valence-electron chi connectivity index (χ3n) is 5.07. The van der Waals surface area contributed by atoms with Crippen molar-refractivity contribution < 1.29 is 27.6 Å². The number of rotatable bonds is 8. The fraction of sp³-hybridized carbons (Fsp3) is 0.208. The smallest absolute Gasteiger partial charge is 0.505 e. The molecule has 1 aliphatic rings. The number of hydrogen-bond acceptors (Lipinski definition) is 4. The third kappa shape index (κ3) is 5.63. The third-order valence-corrected chi connectivity index (χ3v) is 5.07. The minimum atomic E-state index is -3.03. The average molecular weight is 424 g/mol. The second-order valence-electron chi connectivity index (χ2n) is 7.07. The molecule has 31 heavy (non-hydrogen) atoms. The minimum Gasteiger partial charge on any atom is -0.505 e. The number of methoxy groups -OCH3 is 2. The maximum atomic E-state index is 13.1. The van der Waals surface area contributed by atoms with Crippen molar-refractivity contribution in [3.8, 4) is 11.5 Å². The van der Waals surface area contributed by atoms with E-state index in [0.717, 1.165) is 22.4 Å². The first-order valence-electron chi connectivity index (χ1n) is 9.78. The van der Waals surface area contributed by atoms with Gasteiger partial charge in [0.25, 0.3) is 0 Å². The molecule has 0 unspecified atom stereocenters. The zero-order valence-electron chi connectivity index (χ0n) is 17.6. The summed E-state index contributed by atoms with van der Waals surface area (Å²) in [6.45, 7) is 1.37. The molecule has 0 heterocycles. The molecule has 0 amide bonds. The molecular weight excluding hydrogens is 401 g/mol. The van der Waals surface area contributed by atoms with Crippen LogP contribution >= 0.6 is 0 Å². The van der Waals surface area contributed by atoms with Gasteiger partial charge in [0.2, 0.25) is 0 Å². The van der Waals surface area contributed by atoms with Crippen LogP contribution in [0.5, 0.6) is 11.5 Å². The van der Waals surface area contributed by atoms with E-state index < -0.39 is 13.4 Å². The molecule has 0 fully saturated rings. The van der Waals surface area contributed by atoms with Crippen LogP contribution in [0.2, 0.25) is 0 Å². The Kier molecular flexibility index (Phi) is 7.29. The molecule has 0 N–H and O–H groups in total. The van der Waals surface area contributed by atoms with E-state index >= 15 is 0 Å². The zero-order chi connectivity index (χ0) is 22.4. The van der Waals surface area contributed by atoms with E-state index in [-0.39, 0.29) is 17.1 Å². The van der Waals surface area contributed by atoms with Crippen LogP contribution in [0.4, 0.5) is 8.63 Å². The van der Waals surface area contributed by atoms with E-state index in [9.17, 15) is 13.4 Å². The number of ether oxygens (including phenoxy) is 2. The number of benzene rings is 2. The Morgan fingerprint density at radius 3 is 2.35 bits per heavy atom. The van der Waals surface area contributed by atoms with Gasteiger partial charge < -0.3 is 14.1 Å². The molecule has 0 aliphatic heterocycles. The Morgan fingerprint density at radius 2 is 1.74 bits per heavy atom. The van der Waals surface area contributed by atoms with Gasteiger partial charge in [0.1, 0.15) is 17.3 Å². The van der Waals surface area contributed by atoms with E-state index in [1.54, 1.807) is 26.4 Å². The van der Waals surface area contributed by atoms with E-state index in [1.807, 2.05) is 48.6 Å². The molecule has 4 nitrogen and oxygen atoms in total. The number of Topliss-reactive ketones (excluding diaryl/α,β-unsaturated/α-hetero) is 1. The van der Waals surface area contributed by atoms with Crippen LogP contribution in [-0.4, -0.2) is 27.5 Å². The van der Waals surface area contributed by atoms with E-state index in [2.05, 4.69) is 0 Å². The fourth-order valence-electron chi connectivity index (χ4n) is 3.61. The number of carbonyl (C=O) groups is 1. The predicted octanol–water partition coefficient (Wildman–Crippen LogP) is 5.61. The summed E-state index contributed by atoms with van der Waals surface area (Å²) in [5, 5.41) is 0. The molecule has 0 aromatic heterocycles. The van der Waals surface area contributed by atoms with E-state index in [1.165, 1.54) is 13.0 Å². The van der Waals surface area contributed by atoms with E-state index in [4.69, 9.17) is 14.1 Å². The number of hydrogen-bond donors (Lipinski definition) is 0. The number of allylic oxidation sites excluding steroid dienone is 4. The van der Waals surface area contributed by atoms with Gasteiger partial charge in [-0.15, -0.1) is 0 Å². The van der Waals surface area contributed by atoms with Crippen molar-refractivity contribution in [1.82, 2.24) is 0 Å². The highest BCUT2D eigenvalue weighted by Crippen LogP contribution is 2.39. The van der Waals surface area contributed by atoms with Gasteiger partial charge in [-0.05, 0) is 60.4 Å². The van der Waals surface area contributed by atoms with Crippen molar-refractivity contribution >= 4 is 19.3 Å². The van der Waals surface area contributed by atoms with Gasteiger partial charge in [0, 0.05) is 11.5 Å². The summed E-state index contributed by atoms with van der Waals surface area (Å²) in [5.74, 6) is 0.581. The Hall–Kier alpha value is -3.35. The summed E-state index contributed by atoms with van der Waals surface area (Å²) < 4.78 is 41.4. The molecule has 1 aliphatic carbocycles. The number of halogens is 2. The summed E-state index contributed by atoms with van der Waals surface area (Å²) in [6, 6.07) is 14.7. The highest BCUT2D eigenvalue weighted by Gasteiger charge is 2.31. The Labute approximate surface area is 181 Å². The maximum absolute atomic E-state index is 13.1. The standard InChI is InChI=1S/C24H23BF2O4/c1-16(28)24-22(19-9-11-20(29-2)12-10-19)14-18(15-23(24)31-25(26)27)8-7-17-5-4-6-21(13-17)30-3/h4-13,15,22H,14H2,1-3H3/b8-7-/t22-/m1/s1. The van der Waals surface area contributed by atoms with Crippen LogP contribution in [0.3, 0.4) is 0 Å². The van der Waals surface area contributed by atoms with Crippen molar-refractivity contribution in [2.45, 2.75) is 19.3 Å². The normalized spacial score (nSPS) is 16.2. The first-order valence-corrected chi connectivity index (χ1v) is 9.78. The molecule has 0 saturated carbocycles. The van der Waals surface area contributed by atoms with Gasteiger partial charge in [0.05, 0.1) is 14.2 Å². The second kappa shape index (κ2) is 10.1. The van der Waals surface area contributed by atoms with E-state index in [0.29, 0.717) is 12.2 Å². The summed E-state index contributed by atoms with van der Waals surface area (Å²) >= 11 is 0. The summed E-state index contributed by atoms with van der Waals surface area (Å²) in [4.78, 5) is 12.4. The quantitative estimate of drug-likeness (QED) is 0.517. The lowest BCUT2D eigenvalue weighted by atomic mass is 9.79. The van der Waals surface area contributed by atoms with Gasteiger partial charge in [-0.25, -0.2) is 8.63 Å². The SMILES string of the molecule is COc1ccc([C@H]2CC(/C=C\c3cccc(OC)c3)=CC(OB(F)F)=C2C(C)=O)cc1. The van der Waals surface area contributed by atoms with Crippen molar-refractivity contribution in [3.63, 3.8) is 0 Å². The van der Waals surface area contributed by atoms with Crippen LogP contribution in [0.1, 0.15) is 30.4 Å². The Bertz CT molecular complexity index is 1030. The summed E-state index contributed by atoms with van der Waals surface area (Å²) in [5.41, 5.74) is 2.73. The van der Waals surface area contributed by atoms with Crippen LogP contribution in [0, 0.1) is 0 Å². The van der Waals surface area contributed by atoms with Crippen molar-refractivity contribution in [1.29, 1.82) is 0 Å². The molecule has 3 rings (SSSR count). The van der Waals surface area contributed by atoms with Gasteiger partial charge in [0.15, 0.2) is 5.78 Å². The highest BCUT2D eigenvalue weighted by molar-refractivity contribution is 6.35. The number of carbonyl (C=O) groups excluding carboxylic acids is 1. The largest absolute Gasteiger partial charge is 0.796 e. The minimum absolute atomic E-state index is 0.0974. The van der Waals surface area contributed by atoms with Gasteiger partial charge in [-0.3, -0.25) is 4.79 Å².